The second kappa shape index (κ2) is 7.75. The van der Waals surface area contributed by atoms with Gasteiger partial charge in [-0.05, 0) is 32.9 Å². The maximum atomic E-state index is 10.0. The monoisotopic (exact) mass is 322 g/mol. The minimum absolute atomic E-state index is 0.184. The highest BCUT2D eigenvalue weighted by molar-refractivity contribution is 5.16. The second-order valence-electron chi connectivity index (χ2n) is 6.82. The Labute approximate surface area is 139 Å². The molecule has 2 saturated heterocycles. The average Bonchev–Trinajstić information content (AvgIpc) is 3.02. The second-order valence-corrected chi connectivity index (χ2v) is 6.82. The summed E-state index contributed by atoms with van der Waals surface area (Å²) < 4.78 is 7.53. The van der Waals surface area contributed by atoms with E-state index < -0.39 is 0 Å². The van der Waals surface area contributed by atoms with Crippen LogP contribution in [0.15, 0.2) is 6.20 Å². The summed E-state index contributed by atoms with van der Waals surface area (Å²) in [7, 11) is 0. The maximum Gasteiger partial charge on any atom is 0.0950 e. The molecule has 1 aromatic heterocycles. The van der Waals surface area contributed by atoms with E-state index in [4.69, 9.17) is 4.74 Å². The number of aromatic nitrogens is 2. The zero-order chi connectivity index (χ0) is 16.2. The average molecular weight is 322 g/mol. The van der Waals surface area contributed by atoms with Crippen molar-refractivity contribution in [1.82, 2.24) is 19.6 Å². The lowest BCUT2D eigenvalue weighted by molar-refractivity contribution is 0.0837. The van der Waals surface area contributed by atoms with E-state index >= 15 is 0 Å². The van der Waals surface area contributed by atoms with Gasteiger partial charge in [-0.1, -0.05) is 6.92 Å². The van der Waals surface area contributed by atoms with Gasteiger partial charge in [0.05, 0.1) is 31.6 Å². The minimum atomic E-state index is -0.323. The fourth-order valence-corrected chi connectivity index (χ4v) is 3.68. The van der Waals surface area contributed by atoms with Crippen LogP contribution in [0, 0.1) is 6.92 Å². The number of ether oxygens (including phenoxy) is 1. The summed E-state index contributed by atoms with van der Waals surface area (Å²) in [5.41, 5.74) is 2.64. The lowest BCUT2D eigenvalue weighted by Crippen LogP contribution is -2.44. The van der Waals surface area contributed by atoms with Crippen LogP contribution in [0.25, 0.3) is 0 Å². The van der Waals surface area contributed by atoms with Crippen LogP contribution in [0.1, 0.15) is 31.0 Å². The Hall–Kier alpha value is -0.950. The van der Waals surface area contributed by atoms with Gasteiger partial charge in [-0.3, -0.25) is 14.5 Å². The Morgan fingerprint density at radius 3 is 2.87 bits per heavy atom. The van der Waals surface area contributed by atoms with Crippen LogP contribution in [0.5, 0.6) is 0 Å². The number of aliphatic hydroxyl groups excluding tert-OH is 1. The molecule has 2 unspecified atom stereocenters. The Kier molecular flexibility index (Phi) is 5.69. The smallest absolute Gasteiger partial charge is 0.0950 e. The minimum Gasteiger partial charge on any atom is -0.389 e. The molecule has 2 fully saturated rings. The first-order chi connectivity index (χ1) is 11.2. The van der Waals surface area contributed by atoms with Crippen LogP contribution in [-0.4, -0.2) is 76.2 Å². The van der Waals surface area contributed by atoms with Crippen molar-refractivity contribution in [2.24, 2.45) is 0 Å². The number of aliphatic hydroxyl groups is 1. The molecule has 130 valence electrons. The van der Waals surface area contributed by atoms with Crippen LogP contribution in [-0.2, 0) is 17.8 Å². The number of hydrogen-bond donors (Lipinski definition) is 1. The number of rotatable bonds is 5. The molecular weight excluding hydrogens is 292 g/mol. The summed E-state index contributed by atoms with van der Waals surface area (Å²) in [4.78, 5) is 4.92. The highest BCUT2D eigenvalue weighted by Gasteiger charge is 2.32. The van der Waals surface area contributed by atoms with E-state index in [1.54, 1.807) is 0 Å². The van der Waals surface area contributed by atoms with E-state index in [0.717, 1.165) is 52.1 Å². The Balaban J connectivity index is 1.56. The first-order valence-electron chi connectivity index (χ1n) is 8.92. The third kappa shape index (κ3) is 3.94. The summed E-state index contributed by atoms with van der Waals surface area (Å²) in [6.45, 7) is 11.7. The fraction of sp³-hybridized carbons (Fsp3) is 0.824. The van der Waals surface area contributed by atoms with Gasteiger partial charge in [-0.25, -0.2) is 0 Å². The molecule has 0 amide bonds. The van der Waals surface area contributed by atoms with Crippen molar-refractivity contribution in [2.75, 3.05) is 39.4 Å². The summed E-state index contributed by atoms with van der Waals surface area (Å²) in [6, 6.07) is 0.184. The van der Waals surface area contributed by atoms with Gasteiger partial charge in [-0.15, -0.1) is 0 Å². The van der Waals surface area contributed by atoms with Crippen molar-refractivity contribution in [2.45, 2.75) is 51.9 Å². The van der Waals surface area contributed by atoms with Crippen molar-refractivity contribution in [3.05, 3.63) is 17.5 Å². The fourth-order valence-electron chi connectivity index (χ4n) is 3.68. The van der Waals surface area contributed by atoms with Crippen molar-refractivity contribution in [3.63, 3.8) is 0 Å². The third-order valence-corrected chi connectivity index (χ3v) is 5.15. The molecule has 0 radical (unpaired) electrons. The predicted octanol–water partition coefficient (Wildman–Crippen LogP) is 0.869. The Bertz CT molecular complexity index is 505. The molecule has 0 aromatic carbocycles. The van der Waals surface area contributed by atoms with Crippen molar-refractivity contribution < 1.29 is 9.84 Å². The quantitative estimate of drug-likeness (QED) is 0.872. The van der Waals surface area contributed by atoms with E-state index in [2.05, 4.69) is 33.4 Å². The molecule has 23 heavy (non-hydrogen) atoms. The van der Waals surface area contributed by atoms with Gasteiger partial charge < -0.3 is 9.84 Å². The lowest BCUT2D eigenvalue weighted by atomic mass is 10.2. The van der Waals surface area contributed by atoms with Gasteiger partial charge in [-0.2, -0.15) is 5.10 Å². The van der Waals surface area contributed by atoms with Gasteiger partial charge in [0.15, 0.2) is 0 Å². The van der Waals surface area contributed by atoms with Crippen LogP contribution in [0.2, 0.25) is 0 Å². The number of hydrogen-bond acceptors (Lipinski definition) is 5. The lowest BCUT2D eigenvalue weighted by Gasteiger charge is -2.28. The van der Waals surface area contributed by atoms with Crippen LogP contribution in [0.3, 0.4) is 0 Å². The van der Waals surface area contributed by atoms with Gasteiger partial charge >= 0.3 is 0 Å². The standard InChI is InChI=1S/C17H30N4O2/c1-3-5-21-14(2)15(10-18-21)11-19-6-4-7-20(9-8-19)16-12-23-13-17(16)22/h10,16-17,22H,3-9,11-13H2,1-2H3. The van der Waals surface area contributed by atoms with E-state index in [1.807, 2.05) is 6.20 Å². The zero-order valence-electron chi connectivity index (χ0n) is 14.4. The molecule has 3 rings (SSSR count). The first kappa shape index (κ1) is 16.9. The van der Waals surface area contributed by atoms with E-state index in [0.29, 0.717) is 13.2 Å². The van der Waals surface area contributed by atoms with Gasteiger partial charge in [0.1, 0.15) is 0 Å². The molecule has 6 heteroatoms. The Morgan fingerprint density at radius 1 is 1.26 bits per heavy atom. The normalized spacial score (nSPS) is 27.4. The SMILES string of the molecule is CCCn1ncc(CN2CCCN(C3COCC3O)CC2)c1C. The molecule has 0 saturated carbocycles. The van der Waals surface area contributed by atoms with Crippen molar-refractivity contribution >= 4 is 0 Å². The molecule has 2 atom stereocenters. The highest BCUT2D eigenvalue weighted by Crippen LogP contribution is 2.18. The Morgan fingerprint density at radius 2 is 2.13 bits per heavy atom. The molecule has 3 heterocycles. The van der Waals surface area contributed by atoms with Crippen LogP contribution < -0.4 is 0 Å². The molecule has 1 N–H and O–H groups in total. The predicted molar refractivity (Wildman–Crippen MR) is 89.3 cm³/mol. The van der Waals surface area contributed by atoms with E-state index in [1.165, 1.54) is 11.3 Å². The zero-order valence-corrected chi connectivity index (χ0v) is 14.4. The van der Waals surface area contributed by atoms with Gasteiger partial charge in [0.25, 0.3) is 0 Å². The highest BCUT2D eigenvalue weighted by atomic mass is 16.5. The molecule has 0 aliphatic carbocycles. The molecule has 0 bridgehead atoms. The third-order valence-electron chi connectivity index (χ3n) is 5.15. The van der Waals surface area contributed by atoms with Crippen LogP contribution in [0.4, 0.5) is 0 Å². The number of aryl methyl sites for hydroxylation is 1. The largest absolute Gasteiger partial charge is 0.389 e. The molecular formula is C17H30N4O2. The van der Waals surface area contributed by atoms with E-state index in [-0.39, 0.29) is 12.1 Å². The van der Waals surface area contributed by atoms with Crippen molar-refractivity contribution in [3.8, 4) is 0 Å². The van der Waals surface area contributed by atoms with Gasteiger partial charge in [0.2, 0.25) is 0 Å². The van der Waals surface area contributed by atoms with Crippen LogP contribution >= 0.6 is 0 Å². The van der Waals surface area contributed by atoms with E-state index in [9.17, 15) is 5.11 Å². The number of nitrogens with zero attached hydrogens (tertiary/aromatic N) is 4. The molecule has 6 nitrogen and oxygen atoms in total. The molecule has 1 aromatic rings. The molecule has 2 aliphatic heterocycles. The summed E-state index contributed by atoms with van der Waals surface area (Å²) in [6.07, 6.45) is 3.97. The molecule has 2 aliphatic rings. The first-order valence-corrected chi connectivity index (χ1v) is 8.92. The van der Waals surface area contributed by atoms with Crippen molar-refractivity contribution in [1.29, 1.82) is 0 Å². The van der Waals surface area contributed by atoms with Gasteiger partial charge in [0, 0.05) is 37.4 Å². The maximum absolute atomic E-state index is 10.0. The summed E-state index contributed by atoms with van der Waals surface area (Å²) in [5, 5.41) is 14.5. The topological polar surface area (TPSA) is 53.8 Å². The summed E-state index contributed by atoms with van der Waals surface area (Å²) in [5.74, 6) is 0. The molecule has 0 spiro atoms. The summed E-state index contributed by atoms with van der Waals surface area (Å²) >= 11 is 0.